The van der Waals surface area contributed by atoms with Gasteiger partial charge in [0.05, 0.1) is 5.52 Å². The summed E-state index contributed by atoms with van der Waals surface area (Å²) in [5, 5.41) is 4.26. The van der Waals surface area contributed by atoms with Crippen molar-refractivity contribution in [3.05, 3.63) is 42.2 Å². The van der Waals surface area contributed by atoms with Crippen LogP contribution in [-0.2, 0) is 0 Å². The summed E-state index contributed by atoms with van der Waals surface area (Å²) in [6, 6.07) is 6.36. The van der Waals surface area contributed by atoms with Crippen molar-refractivity contribution < 1.29 is 0 Å². The Bertz CT molecular complexity index is 508. The van der Waals surface area contributed by atoms with Gasteiger partial charge in [-0.3, -0.25) is 0 Å². The third-order valence-electron chi connectivity index (χ3n) is 3.07. The van der Waals surface area contributed by atoms with Gasteiger partial charge in [0.2, 0.25) is 0 Å². The van der Waals surface area contributed by atoms with Gasteiger partial charge >= 0.3 is 0 Å². The number of rotatable bonds is 1. The van der Waals surface area contributed by atoms with Gasteiger partial charge < -0.3 is 0 Å². The lowest BCUT2D eigenvalue weighted by Gasteiger charge is -2.13. The van der Waals surface area contributed by atoms with Gasteiger partial charge in [0.15, 0.2) is 0 Å². The van der Waals surface area contributed by atoms with Gasteiger partial charge in [-0.1, -0.05) is 12.1 Å². The maximum Gasteiger partial charge on any atom is 0.0736 e. The highest BCUT2D eigenvalue weighted by Crippen LogP contribution is 2.29. The Balaban J connectivity index is 2.17. The number of fused-ring (bicyclic) bond motifs is 1. The SMILES string of the molecule is C1=C(c2cccn3nccc23)CCCC1. The lowest BCUT2D eigenvalue weighted by molar-refractivity contribution is 0.742. The quantitative estimate of drug-likeness (QED) is 0.687. The highest BCUT2D eigenvalue weighted by molar-refractivity contribution is 5.78. The smallest absolute Gasteiger partial charge is 0.0736 e. The van der Waals surface area contributed by atoms with Crippen molar-refractivity contribution in [2.75, 3.05) is 0 Å². The molecule has 76 valence electrons. The largest absolute Gasteiger partial charge is 0.240 e. The van der Waals surface area contributed by atoms with Gasteiger partial charge in [0.25, 0.3) is 0 Å². The summed E-state index contributed by atoms with van der Waals surface area (Å²) in [7, 11) is 0. The molecule has 2 heteroatoms. The molecule has 0 radical (unpaired) electrons. The highest BCUT2D eigenvalue weighted by Gasteiger charge is 2.09. The van der Waals surface area contributed by atoms with Crippen molar-refractivity contribution in [1.29, 1.82) is 0 Å². The monoisotopic (exact) mass is 198 g/mol. The summed E-state index contributed by atoms with van der Waals surface area (Å²) in [6.07, 6.45) is 11.3. The normalized spacial score (nSPS) is 16.7. The van der Waals surface area contributed by atoms with E-state index in [-0.39, 0.29) is 0 Å². The van der Waals surface area contributed by atoms with Gasteiger partial charge in [-0.25, -0.2) is 4.52 Å². The first-order valence-corrected chi connectivity index (χ1v) is 5.57. The van der Waals surface area contributed by atoms with Crippen molar-refractivity contribution in [3.8, 4) is 0 Å². The van der Waals surface area contributed by atoms with Gasteiger partial charge in [-0.15, -0.1) is 0 Å². The molecule has 0 saturated carbocycles. The third kappa shape index (κ3) is 1.46. The molecule has 0 N–H and O–H groups in total. The Kier molecular flexibility index (Phi) is 2.05. The number of hydrogen-bond donors (Lipinski definition) is 0. The first-order chi connectivity index (χ1) is 7.45. The first kappa shape index (κ1) is 8.72. The van der Waals surface area contributed by atoms with E-state index in [0.717, 1.165) is 0 Å². The molecule has 2 aromatic heterocycles. The summed E-state index contributed by atoms with van der Waals surface area (Å²) in [5.74, 6) is 0. The van der Waals surface area contributed by atoms with E-state index in [1.807, 2.05) is 16.9 Å². The molecule has 0 fully saturated rings. The number of hydrogen-bond acceptors (Lipinski definition) is 1. The number of allylic oxidation sites excluding steroid dienone is 2. The summed E-state index contributed by atoms with van der Waals surface area (Å²) >= 11 is 0. The zero-order valence-electron chi connectivity index (χ0n) is 8.69. The molecule has 2 aromatic rings. The molecule has 15 heavy (non-hydrogen) atoms. The molecule has 0 amide bonds. The molecule has 1 aliphatic carbocycles. The minimum atomic E-state index is 1.21. The van der Waals surface area contributed by atoms with Gasteiger partial charge in [-0.05, 0) is 43.4 Å². The Morgan fingerprint density at radius 3 is 3.07 bits per heavy atom. The molecule has 0 bridgehead atoms. The molecule has 0 atom stereocenters. The molecule has 3 rings (SSSR count). The fourth-order valence-electron chi connectivity index (χ4n) is 2.31. The predicted octanol–water partition coefficient (Wildman–Crippen LogP) is 3.29. The minimum Gasteiger partial charge on any atom is -0.240 e. The van der Waals surface area contributed by atoms with E-state index in [9.17, 15) is 0 Å². The van der Waals surface area contributed by atoms with Crippen molar-refractivity contribution >= 4 is 11.1 Å². The first-order valence-electron chi connectivity index (χ1n) is 5.57. The molecule has 0 unspecified atom stereocenters. The maximum atomic E-state index is 4.26. The van der Waals surface area contributed by atoms with Crippen LogP contribution in [0.2, 0.25) is 0 Å². The van der Waals surface area contributed by atoms with E-state index in [0.29, 0.717) is 0 Å². The molecule has 0 spiro atoms. The van der Waals surface area contributed by atoms with Crippen LogP contribution in [0.25, 0.3) is 11.1 Å². The van der Waals surface area contributed by atoms with E-state index in [2.05, 4.69) is 29.4 Å². The number of pyridine rings is 1. The molecule has 1 aliphatic rings. The van der Waals surface area contributed by atoms with Crippen LogP contribution in [0.3, 0.4) is 0 Å². The average molecular weight is 198 g/mol. The Morgan fingerprint density at radius 1 is 1.20 bits per heavy atom. The predicted molar refractivity (Wildman–Crippen MR) is 61.6 cm³/mol. The molecule has 0 aromatic carbocycles. The molecule has 2 nitrogen and oxygen atoms in total. The Labute approximate surface area is 89.2 Å². The summed E-state index contributed by atoms with van der Waals surface area (Å²) < 4.78 is 1.95. The Morgan fingerprint density at radius 2 is 2.20 bits per heavy atom. The van der Waals surface area contributed by atoms with Crippen LogP contribution in [0.4, 0.5) is 0 Å². The maximum absolute atomic E-state index is 4.26. The van der Waals surface area contributed by atoms with Gasteiger partial charge in [0, 0.05) is 18.0 Å². The average Bonchev–Trinajstić information content (AvgIpc) is 2.78. The van der Waals surface area contributed by atoms with Crippen LogP contribution in [0.15, 0.2) is 36.7 Å². The van der Waals surface area contributed by atoms with Gasteiger partial charge in [0.1, 0.15) is 0 Å². The lowest BCUT2D eigenvalue weighted by Crippen LogP contribution is -1.95. The number of nitrogens with zero attached hydrogens (tertiary/aromatic N) is 2. The van der Waals surface area contributed by atoms with E-state index < -0.39 is 0 Å². The standard InChI is InChI=1S/C13H14N2/c1-2-5-11(6-3-1)12-7-4-10-15-13(12)8-9-14-15/h4-5,7-10H,1-3,6H2. The molecule has 0 saturated heterocycles. The second kappa shape index (κ2) is 3.54. The van der Waals surface area contributed by atoms with Crippen LogP contribution in [0.5, 0.6) is 0 Å². The third-order valence-corrected chi connectivity index (χ3v) is 3.07. The zero-order valence-corrected chi connectivity index (χ0v) is 8.69. The molecular formula is C13H14N2. The van der Waals surface area contributed by atoms with Crippen LogP contribution in [0, 0.1) is 0 Å². The number of aromatic nitrogens is 2. The summed E-state index contributed by atoms with van der Waals surface area (Å²) in [4.78, 5) is 0. The van der Waals surface area contributed by atoms with E-state index in [4.69, 9.17) is 0 Å². The van der Waals surface area contributed by atoms with Crippen LogP contribution >= 0.6 is 0 Å². The van der Waals surface area contributed by atoms with Crippen LogP contribution in [0.1, 0.15) is 31.2 Å². The lowest BCUT2D eigenvalue weighted by atomic mass is 9.93. The summed E-state index contributed by atoms with van der Waals surface area (Å²) in [6.45, 7) is 0. The minimum absolute atomic E-state index is 1.21. The molecule has 0 aliphatic heterocycles. The fraction of sp³-hybridized carbons (Fsp3) is 0.308. The second-order valence-electron chi connectivity index (χ2n) is 4.06. The highest BCUT2D eigenvalue weighted by atomic mass is 15.2. The van der Waals surface area contributed by atoms with E-state index >= 15 is 0 Å². The van der Waals surface area contributed by atoms with E-state index in [1.54, 1.807) is 0 Å². The van der Waals surface area contributed by atoms with Crippen molar-refractivity contribution in [2.24, 2.45) is 0 Å². The van der Waals surface area contributed by atoms with Crippen LogP contribution in [-0.4, -0.2) is 9.61 Å². The van der Waals surface area contributed by atoms with Crippen molar-refractivity contribution in [2.45, 2.75) is 25.7 Å². The molecule has 2 heterocycles. The molecular weight excluding hydrogens is 184 g/mol. The zero-order chi connectivity index (χ0) is 10.1. The second-order valence-corrected chi connectivity index (χ2v) is 4.06. The van der Waals surface area contributed by atoms with Crippen molar-refractivity contribution in [3.63, 3.8) is 0 Å². The Hall–Kier alpha value is -1.57. The van der Waals surface area contributed by atoms with Crippen LogP contribution < -0.4 is 0 Å². The fourth-order valence-corrected chi connectivity index (χ4v) is 2.31. The topological polar surface area (TPSA) is 17.3 Å². The van der Waals surface area contributed by atoms with E-state index in [1.165, 1.54) is 42.3 Å². The summed E-state index contributed by atoms with van der Waals surface area (Å²) in [5.41, 5.74) is 4.08. The van der Waals surface area contributed by atoms with Crippen molar-refractivity contribution in [1.82, 2.24) is 9.61 Å². The van der Waals surface area contributed by atoms with Gasteiger partial charge in [-0.2, -0.15) is 5.10 Å².